The number of halogens is 1. The SMILES string of the molecule is CCOc1cc(COc2c(Br)cc(/C=C3/C(=O)NC(=O)N(c4ccccc4)C3=O)cc2OC)ccc1OCc1ccccc1. The Bertz CT molecular complexity index is 1710. The monoisotopic (exact) mass is 656 g/mol. The van der Waals surface area contributed by atoms with Crippen LogP contribution in [0.25, 0.3) is 6.08 Å². The van der Waals surface area contributed by atoms with E-state index in [-0.39, 0.29) is 12.2 Å². The summed E-state index contributed by atoms with van der Waals surface area (Å²) in [6.45, 7) is 2.99. The summed E-state index contributed by atoms with van der Waals surface area (Å²) >= 11 is 3.53. The Morgan fingerprint density at radius 2 is 1.48 bits per heavy atom. The maximum absolute atomic E-state index is 13.2. The summed E-state index contributed by atoms with van der Waals surface area (Å²) in [6.07, 6.45) is 1.40. The van der Waals surface area contributed by atoms with Crippen LogP contribution in [0.4, 0.5) is 10.5 Å². The molecule has 1 aliphatic rings. The molecule has 4 aromatic rings. The number of carbonyl (C=O) groups is 3. The van der Waals surface area contributed by atoms with Gasteiger partial charge < -0.3 is 18.9 Å². The number of carbonyl (C=O) groups excluding carboxylic acids is 3. The predicted molar refractivity (Wildman–Crippen MR) is 169 cm³/mol. The fourth-order valence-corrected chi connectivity index (χ4v) is 5.09. The number of amides is 4. The van der Waals surface area contributed by atoms with Crippen molar-refractivity contribution in [3.8, 4) is 23.0 Å². The average molecular weight is 658 g/mol. The van der Waals surface area contributed by atoms with Crippen molar-refractivity contribution < 1.29 is 33.3 Å². The zero-order chi connectivity index (χ0) is 31.1. The van der Waals surface area contributed by atoms with Crippen molar-refractivity contribution in [1.82, 2.24) is 5.32 Å². The van der Waals surface area contributed by atoms with Crippen LogP contribution < -0.4 is 29.2 Å². The van der Waals surface area contributed by atoms with Crippen LogP contribution in [-0.4, -0.2) is 31.6 Å². The lowest BCUT2D eigenvalue weighted by molar-refractivity contribution is -0.122. The number of imide groups is 2. The van der Waals surface area contributed by atoms with Crippen LogP contribution in [-0.2, 0) is 22.8 Å². The maximum Gasteiger partial charge on any atom is 0.335 e. The van der Waals surface area contributed by atoms with Crippen LogP contribution in [0.1, 0.15) is 23.6 Å². The minimum Gasteiger partial charge on any atom is -0.493 e. The highest BCUT2D eigenvalue weighted by Crippen LogP contribution is 2.38. The number of methoxy groups -OCH3 is 1. The second-order valence-corrected chi connectivity index (χ2v) is 10.5. The molecule has 4 amide bonds. The lowest BCUT2D eigenvalue weighted by Gasteiger charge is -2.26. The molecule has 0 atom stereocenters. The fraction of sp³-hybridized carbons (Fsp3) is 0.147. The molecular weight excluding hydrogens is 628 g/mol. The molecule has 1 aliphatic heterocycles. The highest BCUT2D eigenvalue weighted by Gasteiger charge is 2.36. The van der Waals surface area contributed by atoms with E-state index in [1.807, 2.05) is 55.5 Å². The van der Waals surface area contributed by atoms with Crippen molar-refractivity contribution in [3.63, 3.8) is 0 Å². The number of urea groups is 1. The molecule has 1 fully saturated rings. The summed E-state index contributed by atoms with van der Waals surface area (Å²) in [5.41, 5.74) is 2.53. The molecule has 1 heterocycles. The number of ether oxygens (including phenoxy) is 4. The molecule has 0 saturated carbocycles. The minimum atomic E-state index is -0.811. The van der Waals surface area contributed by atoms with E-state index in [1.165, 1.54) is 13.2 Å². The third-order valence-corrected chi connectivity index (χ3v) is 7.20. The summed E-state index contributed by atoms with van der Waals surface area (Å²) in [5.74, 6) is 0.516. The van der Waals surface area contributed by atoms with Gasteiger partial charge in [0.2, 0.25) is 0 Å². The molecule has 5 rings (SSSR count). The third kappa shape index (κ3) is 6.92. The van der Waals surface area contributed by atoms with Gasteiger partial charge in [0.05, 0.1) is 23.9 Å². The molecule has 0 spiro atoms. The van der Waals surface area contributed by atoms with E-state index in [9.17, 15) is 14.4 Å². The summed E-state index contributed by atoms with van der Waals surface area (Å²) in [4.78, 5) is 39.2. The molecular formula is C34H29BrN2O7. The van der Waals surface area contributed by atoms with Crippen molar-refractivity contribution in [1.29, 1.82) is 0 Å². The lowest BCUT2D eigenvalue weighted by atomic mass is 10.1. The van der Waals surface area contributed by atoms with Crippen LogP contribution in [0, 0.1) is 0 Å². The van der Waals surface area contributed by atoms with Gasteiger partial charge in [0.25, 0.3) is 11.8 Å². The number of rotatable bonds is 11. The van der Waals surface area contributed by atoms with Crippen LogP contribution in [0.5, 0.6) is 23.0 Å². The van der Waals surface area contributed by atoms with Crippen LogP contribution in [0.3, 0.4) is 0 Å². The standard InChI is InChI=1S/C34H29BrN2O7/c1-3-42-29-18-23(14-15-28(29)43-20-22-10-6-4-7-11-22)21-44-31-27(35)17-24(19-30(31)41-2)16-26-32(38)36-34(40)37(33(26)39)25-12-8-5-9-13-25/h4-19H,3,20-21H2,1-2H3,(H,36,38,40)/b26-16-. The molecule has 0 bridgehead atoms. The summed E-state index contributed by atoms with van der Waals surface area (Å²) in [6, 6.07) is 26.4. The van der Waals surface area contributed by atoms with E-state index in [1.54, 1.807) is 42.5 Å². The second-order valence-electron chi connectivity index (χ2n) is 9.60. The minimum absolute atomic E-state index is 0.198. The number of hydrogen-bond acceptors (Lipinski definition) is 7. The normalized spacial score (nSPS) is 13.9. The number of para-hydroxylation sites is 1. The highest BCUT2D eigenvalue weighted by atomic mass is 79.9. The quantitative estimate of drug-likeness (QED) is 0.142. The Labute approximate surface area is 263 Å². The third-order valence-electron chi connectivity index (χ3n) is 6.61. The van der Waals surface area contributed by atoms with E-state index in [0.29, 0.717) is 51.9 Å². The van der Waals surface area contributed by atoms with E-state index in [0.717, 1.165) is 16.0 Å². The number of nitrogens with zero attached hydrogens (tertiary/aromatic N) is 1. The topological polar surface area (TPSA) is 103 Å². The molecule has 1 N–H and O–H groups in total. The number of nitrogens with one attached hydrogen (secondary N) is 1. The second kappa shape index (κ2) is 13.9. The van der Waals surface area contributed by atoms with Crippen molar-refractivity contribution >= 4 is 45.5 Å². The largest absolute Gasteiger partial charge is 0.493 e. The number of barbiturate groups is 1. The smallest absolute Gasteiger partial charge is 0.335 e. The molecule has 0 aliphatic carbocycles. The van der Waals surface area contributed by atoms with Crippen LogP contribution in [0.15, 0.2) is 101 Å². The number of hydrogen-bond donors (Lipinski definition) is 1. The first-order valence-electron chi connectivity index (χ1n) is 13.8. The van der Waals surface area contributed by atoms with Gasteiger partial charge in [-0.25, -0.2) is 9.69 Å². The van der Waals surface area contributed by atoms with Crippen molar-refractivity contribution in [2.45, 2.75) is 20.1 Å². The van der Waals surface area contributed by atoms with Gasteiger partial charge in [0.15, 0.2) is 23.0 Å². The molecule has 224 valence electrons. The van der Waals surface area contributed by atoms with E-state index >= 15 is 0 Å². The summed E-state index contributed by atoms with van der Waals surface area (Å²) in [7, 11) is 1.49. The van der Waals surface area contributed by atoms with Gasteiger partial charge in [0, 0.05) is 0 Å². The maximum atomic E-state index is 13.2. The predicted octanol–water partition coefficient (Wildman–Crippen LogP) is 6.68. The Morgan fingerprint density at radius 1 is 0.773 bits per heavy atom. The van der Waals surface area contributed by atoms with Crippen LogP contribution in [0.2, 0.25) is 0 Å². The lowest BCUT2D eigenvalue weighted by Crippen LogP contribution is -2.54. The molecule has 0 unspecified atom stereocenters. The number of anilines is 1. The fourth-order valence-electron chi connectivity index (χ4n) is 4.52. The van der Waals surface area contributed by atoms with Gasteiger partial charge in [-0.3, -0.25) is 14.9 Å². The summed E-state index contributed by atoms with van der Waals surface area (Å²) in [5, 5.41) is 2.23. The molecule has 1 saturated heterocycles. The Balaban J connectivity index is 1.34. The zero-order valence-corrected chi connectivity index (χ0v) is 25.6. The molecule has 44 heavy (non-hydrogen) atoms. The first-order chi connectivity index (χ1) is 21.4. The van der Waals surface area contributed by atoms with Crippen LogP contribution >= 0.6 is 15.9 Å². The van der Waals surface area contributed by atoms with Gasteiger partial charge in [-0.05, 0) is 82.0 Å². The molecule has 0 radical (unpaired) electrons. The van der Waals surface area contributed by atoms with E-state index in [2.05, 4.69) is 21.2 Å². The van der Waals surface area contributed by atoms with Crippen molar-refractivity contribution in [3.05, 3.63) is 118 Å². The van der Waals surface area contributed by atoms with Crippen molar-refractivity contribution in [2.75, 3.05) is 18.6 Å². The molecule has 0 aromatic heterocycles. The van der Waals surface area contributed by atoms with Gasteiger partial charge >= 0.3 is 6.03 Å². The highest BCUT2D eigenvalue weighted by molar-refractivity contribution is 9.10. The Morgan fingerprint density at radius 3 is 2.18 bits per heavy atom. The van der Waals surface area contributed by atoms with Gasteiger partial charge in [0.1, 0.15) is 18.8 Å². The van der Waals surface area contributed by atoms with Gasteiger partial charge in [-0.1, -0.05) is 54.6 Å². The molecule has 10 heteroatoms. The Hall–Kier alpha value is -5.09. The van der Waals surface area contributed by atoms with Crippen molar-refractivity contribution in [2.24, 2.45) is 0 Å². The average Bonchev–Trinajstić information content (AvgIpc) is 3.03. The molecule has 4 aromatic carbocycles. The van der Waals surface area contributed by atoms with Gasteiger partial charge in [-0.15, -0.1) is 0 Å². The first kappa shape index (κ1) is 30.4. The Kier molecular flexibility index (Phi) is 9.61. The van der Waals surface area contributed by atoms with E-state index < -0.39 is 17.8 Å². The zero-order valence-electron chi connectivity index (χ0n) is 24.0. The summed E-state index contributed by atoms with van der Waals surface area (Å²) < 4.78 is 24.1. The first-order valence-corrected chi connectivity index (χ1v) is 14.6. The molecule has 9 nitrogen and oxygen atoms in total. The van der Waals surface area contributed by atoms with Gasteiger partial charge in [-0.2, -0.15) is 0 Å². The van der Waals surface area contributed by atoms with E-state index in [4.69, 9.17) is 18.9 Å². The number of benzene rings is 4.